The van der Waals surface area contributed by atoms with Crippen LogP contribution in [0.2, 0.25) is 0 Å². The number of ether oxygens (including phenoxy) is 1. The fourth-order valence-corrected chi connectivity index (χ4v) is 2.27. The monoisotopic (exact) mass is 183 g/mol. The van der Waals surface area contributed by atoms with Gasteiger partial charge in [-0.25, -0.2) is 0 Å². The first-order valence-electron chi connectivity index (χ1n) is 5.58. The zero-order valence-electron chi connectivity index (χ0n) is 8.81. The summed E-state index contributed by atoms with van der Waals surface area (Å²) in [6.07, 6.45) is 5.16. The van der Waals surface area contributed by atoms with Gasteiger partial charge in [0.2, 0.25) is 0 Å². The van der Waals surface area contributed by atoms with E-state index in [9.17, 15) is 0 Å². The summed E-state index contributed by atoms with van der Waals surface area (Å²) < 4.78 is 5.36. The van der Waals surface area contributed by atoms with E-state index in [1.165, 1.54) is 25.7 Å². The third-order valence-electron chi connectivity index (χ3n) is 3.61. The molecule has 0 aromatic carbocycles. The highest BCUT2D eigenvalue weighted by Gasteiger charge is 2.46. The average molecular weight is 183 g/mol. The number of hydrogen-bond donors (Lipinski definition) is 1. The Hall–Kier alpha value is -0.0800. The third kappa shape index (κ3) is 2.05. The quantitative estimate of drug-likeness (QED) is 0.722. The average Bonchev–Trinajstić information content (AvgIpc) is 2.87. The molecule has 1 heterocycles. The lowest BCUT2D eigenvalue weighted by Crippen LogP contribution is -2.45. The fourth-order valence-electron chi connectivity index (χ4n) is 2.27. The Bertz CT molecular complexity index is 169. The Morgan fingerprint density at radius 1 is 1.23 bits per heavy atom. The van der Waals surface area contributed by atoms with Gasteiger partial charge in [-0.05, 0) is 31.6 Å². The van der Waals surface area contributed by atoms with Crippen LogP contribution in [0.5, 0.6) is 0 Å². The maximum atomic E-state index is 5.36. The standard InChI is InChI=1S/C11H21NO/c1-9(2)11(5-6-11)12-10-3-7-13-8-4-10/h9-10,12H,3-8H2,1-2H3. The zero-order valence-corrected chi connectivity index (χ0v) is 8.81. The highest BCUT2D eigenvalue weighted by molar-refractivity contribution is 5.05. The predicted molar refractivity (Wildman–Crippen MR) is 53.8 cm³/mol. The lowest BCUT2D eigenvalue weighted by molar-refractivity contribution is 0.0714. The van der Waals surface area contributed by atoms with Gasteiger partial charge in [-0.15, -0.1) is 0 Å². The molecular weight excluding hydrogens is 162 g/mol. The smallest absolute Gasteiger partial charge is 0.0480 e. The second-order valence-corrected chi connectivity index (χ2v) is 4.84. The van der Waals surface area contributed by atoms with E-state index in [-0.39, 0.29) is 0 Å². The van der Waals surface area contributed by atoms with Gasteiger partial charge in [-0.1, -0.05) is 13.8 Å². The highest BCUT2D eigenvalue weighted by atomic mass is 16.5. The van der Waals surface area contributed by atoms with Gasteiger partial charge >= 0.3 is 0 Å². The Morgan fingerprint density at radius 2 is 1.85 bits per heavy atom. The van der Waals surface area contributed by atoms with E-state index in [1.807, 2.05) is 0 Å². The second-order valence-electron chi connectivity index (χ2n) is 4.84. The Kier molecular flexibility index (Phi) is 2.61. The van der Waals surface area contributed by atoms with Crippen LogP contribution < -0.4 is 5.32 Å². The summed E-state index contributed by atoms with van der Waals surface area (Å²) in [5.74, 6) is 0.787. The van der Waals surface area contributed by atoms with Crippen LogP contribution in [0, 0.1) is 5.92 Å². The molecule has 1 aliphatic heterocycles. The molecule has 1 aliphatic carbocycles. The number of nitrogens with one attached hydrogen (secondary N) is 1. The second kappa shape index (κ2) is 3.58. The van der Waals surface area contributed by atoms with E-state index in [0.717, 1.165) is 25.2 Å². The van der Waals surface area contributed by atoms with Crippen molar-refractivity contribution >= 4 is 0 Å². The summed E-state index contributed by atoms with van der Waals surface area (Å²) in [4.78, 5) is 0. The third-order valence-corrected chi connectivity index (χ3v) is 3.61. The lowest BCUT2D eigenvalue weighted by atomic mass is 9.98. The summed E-state index contributed by atoms with van der Waals surface area (Å²) in [5, 5.41) is 3.83. The van der Waals surface area contributed by atoms with Crippen LogP contribution in [0.3, 0.4) is 0 Å². The summed E-state index contributed by atoms with van der Waals surface area (Å²) in [6, 6.07) is 0.721. The molecule has 13 heavy (non-hydrogen) atoms. The van der Waals surface area contributed by atoms with E-state index in [1.54, 1.807) is 0 Å². The number of hydrogen-bond acceptors (Lipinski definition) is 2. The minimum atomic E-state index is 0.502. The summed E-state index contributed by atoms with van der Waals surface area (Å²) in [6.45, 7) is 6.57. The molecule has 0 bridgehead atoms. The van der Waals surface area contributed by atoms with Crippen LogP contribution in [0.25, 0.3) is 0 Å². The molecule has 0 unspecified atom stereocenters. The van der Waals surface area contributed by atoms with Gasteiger partial charge in [0.15, 0.2) is 0 Å². The van der Waals surface area contributed by atoms with E-state index >= 15 is 0 Å². The SMILES string of the molecule is CC(C)C1(NC2CCOCC2)CC1. The van der Waals surface area contributed by atoms with Crippen LogP contribution in [-0.4, -0.2) is 24.8 Å². The molecule has 2 fully saturated rings. The van der Waals surface area contributed by atoms with Gasteiger partial charge in [-0.3, -0.25) is 0 Å². The molecule has 76 valence electrons. The van der Waals surface area contributed by atoms with Crippen LogP contribution in [0.4, 0.5) is 0 Å². The van der Waals surface area contributed by atoms with Crippen molar-refractivity contribution in [3.05, 3.63) is 0 Å². The van der Waals surface area contributed by atoms with E-state index in [4.69, 9.17) is 4.74 Å². The highest BCUT2D eigenvalue weighted by Crippen LogP contribution is 2.42. The van der Waals surface area contributed by atoms with Crippen molar-refractivity contribution in [2.24, 2.45) is 5.92 Å². The van der Waals surface area contributed by atoms with Gasteiger partial charge in [0.1, 0.15) is 0 Å². The Morgan fingerprint density at radius 3 is 2.31 bits per heavy atom. The van der Waals surface area contributed by atoms with Gasteiger partial charge in [0, 0.05) is 24.8 Å². The van der Waals surface area contributed by atoms with Crippen LogP contribution in [0.15, 0.2) is 0 Å². The van der Waals surface area contributed by atoms with Crippen molar-refractivity contribution in [2.45, 2.75) is 51.1 Å². The summed E-state index contributed by atoms with van der Waals surface area (Å²) >= 11 is 0. The molecule has 1 saturated carbocycles. The normalized spacial score (nSPS) is 27.9. The molecule has 0 spiro atoms. The first-order chi connectivity index (χ1) is 6.23. The zero-order chi connectivity index (χ0) is 9.31. The molecule has 0 atom stereocenters. The topological polar surface area (TPSA) is 21.3 Å². The molecule has 1 saturated heterocycles. The lowest BCUT2D eigenvalue weighted by Gasteiger charge is -2.30. The van der Waals surface area contributed by atoms with Crippen molar-refractivity contribution in [2.75, 3.05) is 13.2 Å². The summed E-state index contributed by atoms with van der Waals surface area (Å²) in [7, 11) is 0. The molecule has 0 radical (unpaired) electrons. The summed E-state index contributed by atoms with van der Waals surface area (Å²) in [5.41, 5.74) is 0.502. The maximum absolute atomic E-state index is 5.36. The predicted octanol–water partition coefficient (Wildman–Crippen LogP) is 1.94. The van der Waals surface area contributed by atoms with Crippen LogP contribution >= 0.6 is 0 Å². The molecular formula is C11H21NO. The Labute approximate surface area is 81.0 Å². The largest absolute Gasteiger partial charge is 0.381 e. The van der Waals surface area contributed by atoms with E-state index in [2.05, 4.69) is 19.2 Å². The van der Waals surface area contributed by atoms with Gasteiger partial charge in [0.05, 0.1) is 0 Å². The van der Waals surface area contributed by atoms with Crippen molar-refractivity contribution in [1.29, 1.82) is 0 Å². The maximum Gasteiger partial charge on any atom is 0.0480 e. The van der Waals surface area contributed by atoms with Crippen molar-refractivity contribution in [1.82, 2.24) is 5.32 Å². The molecule has 2 rings (SSSR count). The number of rotatable bonds is 3. The van der Waals surface area contributed by atoms with Gasteiger partial charge in [0.25, 0.3) is 0 Å². The molecule has 2 heteroatoms. The molecule has 0 aromatic rings. The van der Waals surface area contributed by atoms with Crippen molar-refractivity contribution in [3.63, 3.8) is 0 Å². The minimum Gasteiger partial charge on any atom is -0.381 e. The first-order valence-corrected chi connectivity index (χ1v) is 5.58. The van der Waals surface area contributed by atoms with E-state index in [0.29, 0.717) is 5.54 Å². The van der Waals surface area contributed by atoms with Crippen LogP contribution in [-0.2, 0) is 4.74 Å². The molecule has 2 aliphatic rings. The molecule has 1 N–H and O–H groups in total. The van der Waals surface area contributed by atoms with E-state index < -0.39 is 0 Å². The first kappa shape index (κ1) is 9.47. The minimum absolute atomic E-state index is 0.502. The molecule has 0 aromatic heterocycles. The van der Waals surface area contributed by atoms with Crippen molar-refractivity contribution in [3.8, 4) is 0 Å². The fraction of sp³-hybridized carbons (Fsp3) is 1.00. The van der Waals surface area contributed by atoms with Gasteiger partial charge < -0.3 is 10.1 Å². The van der Waals surface area contributed by atoms with Crippen LogP contribution in [0.1, 0.15) is 39.5 Å². The molecule has 2 nitrogen and oxygen atoms in total. The Balaban J connectivity index is 1.82. The van der Waals surface area contributed by atoms with Crippen molar-refractivity contribution < 1.29 is 4.74 Å². The van der Waals surface area contributed by atoms with Gasteiger partial charge in [-0.2, -0.15) is 0 Å². The molecule has 0 amide bonds.